The summed E-state index contributed by atoms with van der Waals surface area (Å²) in [7, 11) is 1.30. The van der Waals surface area contributed by atoms with Gasteiger partial charge in [-0.05, 0) is 56.4 Å². The van der Waals surface area contributed by atoms with Gasteiger partial charge in [0.25, 0.3) is 0 Å². The largest absolute Gasteiger partial charge is 0.468 e. The lowest BCUT2D eigenvalue weighted by Gasteiger charge is -2.38. The number of dihydropyridines is 1. The predicted molar refractivity (Wildman–Crippen MR) is 113 cm³/mol. The molecule has 1 fully saturated rings. The molecule has 7 heteroatoms. The van der Waals surface area contributed by atoms with Crippen molar-refractivity contribution in [1.82, 2.24) is 5.32 Å². The molecule has 30 heavy (non-hydrogen) atoms. The summed E-state index contributed by atoms with van der Waals surface area (Å²) in [4.78, 5) is 40.0. The zero-order valence-corrected chi connectivity index (χ0v) is 18.3. The highest BCUT2D eigenvalue weighted by Crippen LogP contribution is 2.46. The molecule has 6 nitrogen and oxygen atoms in total. The maximum Gasteiger partial charge on any atom is 0.337 e. The lowest BCUT2D eigenvalue weighted by atomic mass is 9.70. The van der Waals surface area contributed by atoms with Crippen LogP contribution >= 0.6 is 11.3 Å². The molecule has 0 aromatic carbocycles. The van der Waals surface area contributed by atoms with Gasteiger partial charge in [0.15, 0.2) is 5.78 Å². The maximum atomic E-state index is 13.5. The molecule has 1 aliphatic heterocycles. The van der Waals surface area contributed by atoms with Crippen LogP contribution in [0, 0.1) is 11.8 Å². The summed E-state index contributed by atoms with van der Waals surface area (Å²) in [6.45, 7) is 3.74. The first-order valence-electron chi connectivity index (χ1n) is 10.5. The van der Waals surface area contributed by atoms with E-state index in [1.54, 1.807) is 0 Å². The van der Waals surface area contributed by atoms with Gasteiger partial charge in [0, 0.05) is 21.8 Å². The van der Waals surface area contributed by atoms with Gasteiger partial charge in [-0.25, -0.2) is 4.79 Å². The number of carbonyl (C=O) groups is 3. The van der Waals surface area contributed by atoms with Gasteiger partial charge in [-0.2, -0.15) is 0 Å². The zero-order valence-electron chi connectivity index (χ0n) is 17.5. The van der Waals surface area contributed by atoms with Crippen molar-refractivity contribution in [1.29, 1.82) is 0 Å². The zero-order chi connectivity index (χ0) is 21.4. The molecule has 0 amide bonds. The van der Waals surface area contributed by atoms with Gasteiger partial charge in [0.2, 0.25) is 0 Å². The van der Waals surface area contributed by atoms with E-state index >= 15 is 0 Å². The van der Waals surface area contributed by atoms with E-state index in [9.17, 15) is 14.4 Å². The first kappa shape index (κ1) is 20.8. The minimum absolute atomic E-state index is 0.0675. The van der Waals surface area contributed by atoms with E-state index in [0.29, 0.717) is 23.3 Å². The number of nitrogens with one attached hydrogen (secondary N) is 1. The number of thiophene rings is 1. The Kier molecular flexibility index (Phi) is 5.82. The van der Waals surface area contributed by atoms with E-state index < -0.39 is 17.8 Å². The molecule has 1 aromatic rings. The molecule has 4 rings (SSSR count). The molecule has 3 aliphatic rings. The monoisotopic (exact) mass is 429 g/mol. The van der Waals surface area contributed by atoms with Crippen LogP contribution in [0.2, 0.25) is 0 Å². The number of carbonyl (C=O) groups excluding carboxylic acids is 3. The van der Waals surface area contributed by atoms with Crippen LogP contribution < -0.4 is 5.32 Å². The van der Waals surface area contributed by atoms with Gasteiger partial charge in [-0.3, -0.25) is 9.59 Å². The Morgan fingerprint density at radius 2 is 1.97 bits per heavy atom. The lowest BCUT2D eigenvalue weighted by molar-refractivity contribution is -0.151. The summed E-state index contributed by atoms with van der Waals surface area (Å²) in [5.74, 6) is -2.73. The van der Waals surface area contributed by atoms with Crippen molar-refractivity contribution in [2.75, 3.05) is 7.11 Å². The highest BCUT2D eigenvalue weighted by Gasteiger charge is 2.47. The number of ether oxygens (including phenoxy) is 2. The van der Waals surface area contributed by atoms with Crippen LogP contribution in [-0.2, 0) is 23.9 Å². The number of Topliss-reactive ketones (excluding diaryl/α,β-unsaturated/α-hetero) is 1. The molecule has 0 bridgehead atoms. The van der Waals surface area contributed by atoms with Crippen LogP contribution in [0.25, 0.3) is 0 Å². The lowest BCUT2D eigenvalue weighted by Crippen LogP contribution is -2.43. The molecule has 0 spiro atoms. The Labute approximate surface area is 180 Å². The average Bonchev–Trinajstić information content (AvgIpc) is 3.40. The molecule has 0 unspecified atom stereocenters. The van der Waals surface area contributed by atoms with Crippen molar-refractivity contribution >= 4 is 29.1 Å². The SMILES string of the molecule is COC(=O)[C@@H]1C(=O)C2=C(C[C@@H]1C)NC(C)=C(C(=O)OC1CCCC1)[C@@H]2c1cccs1. The third kappa shape index (κ3) is 3.60. The molecule has 1 aromatic heterocycles. The van der Waals surface area contributed by atoms with Crippen LogP contribution in [0.5, 0.6) is 0 Å². The molecule has 2 aliphatic carbocycles. The normalized spacial score (nSPS) is 27.0. The second-order valence-corrected chi connectivity index (χ2v) is 9.34. The summed E-state index contributed by atoms with van der Waals surface area (Å²) < 4.78 is 10.7. The van der Waals surface area contributed by atoms with Crippen LogP contribution in [0.1, 0.15) is 56.7 Å². The van der Waals surface area contributed by atoms with E-state index in [4.69, 9.17) is 9.47 Å². The van der Waals surface area contributed by atoms with Crippen molar-refractivity contribution in [2.45, 2.75) is 58.0 Å². The Hall–Kier alpha value is -2.41. The fourth-order valence-corrected chi connectivity index (χ4v) is 5.76. The van der Waals surface area contributed by atoms with Gasteiger partial charge in [-0.1, -0.05) is 13.0 Å². The first-order valence-corrected chi connectivity index (χ1v) is 11.4. The number of rotatable bonds is 4. The summed E-state index contributed by atoms with van der Waals surface area (Å²) >= 11 is 1.50. The Bertz CT molecular complexity index is 923. The van der Waals surface area contributed by atoms with E-state index in [0.717, 1.165) is 36.3 Å². The molecule has 0 radical (unpaired) electrons. The minimum atomic E-state index is -0.858. The van der Waals surface area contributed by atoms with Crippen LogP contribution in [0.3, 0.4) is 0 Å². The molecule has 1 saturated carbocycles. The third-order valence-electron chi connectivity index (χ3n) is 6.37. The van der Waals surface area contributed by atoms with Crippen molar-refractivity contribution < 1.29 is 23.9 Å². The molecule has 2 heterocycles. The first-order chi connectivity index (χ1) is 14.4. The van der Waals surface area contributed by atoms with E-state index in [2.05, 4.69) is 5.32 Å². The maximum absolute atomic E-state index is 13.5. The van der Waals surface area contributed by atoms with Gasteiger partial charge < -0.3 is 14.8 Å². The summed E-state index contributed by atoms with van der Waals surface area (Å²) in [5.41, 5.74) is 2.47. The highest BCUT2D eigenvalue weighted by atomic mass is 32.1. The molecular weight excluding hydrogens is 402 g/mol. The standard InChI is InChI=1S/C23H27NO5S/c1-12-11-15-19(21(25)17(12)22(26)28-3)20(16-9-6-10-30-16)18(13(2)24-15)23(27)29-14-7-4-5-8-14/h6,9-10,12,14,17,20,24H,4-5,7-8,11H2,1-3H3/t12-,17-,20-/m0/s1. The predicted octanol–water partition coefficient (Wildman–Crippen LogP) is 3.85. The van der Waals surface area contributed by atoms with Crippen molar-refractivity contribution in [2.24, 2.45) is 11.8 Å². The fraction of sp³-hybridized carbons (Fsp3) is 0.522. The van der Waals surface area contributed by atoms with E-state index in [1.165, 1.54) is 18.4 Å². The van der Waals surface area contributed by atoms with E-state index in [-0.39, 0.29) is 23.8 Å². The smallest absolute Gasteiger partial charge is 0.337 e. The summed E-state index contributed by atoms with van der Waals surface area (Å²) in [6, 6.07) is 3.84. The van der Waals surface area contributed by atoms with Crippen molar-refractivity contribution in [3.8, 4) is 0 Å². The molecule has 160 valence electrons. The Morgan fingerprint density at radius 3 is 2.60 bits per heavy atom. The third-order valence-corrected chi connectivity index (χ3v) is 7.30. The number of hydrogen-bond donors (Lipinski definition) is 1. The van der Waals surface area contributed by atoms with Gasteiger partial charge >= 0.3 is 11.9 Å². The van der Waals surface area contributed by atoms with Crippen molar-refractivity contribution in [3.63, 3.8) is 0 Å². The van der Waals surface area contributed by atoms with Crippen LogP contribution in [0.4, 0.5) is 0 Å². The van der Waals surface area contributed by atoms with Gasteiger partial charge in [-0.15, -0.1) is 11.3 Å². The number of methoxy groups -OCH3 is 1. The van der Waals surface area contributed by atoms with E-state index in [1.807, 2.05) is 31.4 Å². The van der Waals surface area contributed by atoms with Crippen molar-refractivity contribution in [3.05, 3.63) is 44.9 Å². The fourth-order valence-electron chi connectivity index (χ4n) is 4.91. The van der Waals surface area contributed by atoms with Crippen LogP contribution in [-0.4, -0.2) is 30.9 Å². The quantitative estimate of drug-likeness (QED) is 0.578. The molecule has 1 N–H and O–H groups in total. The second-order valence-electron chi connectivity index (χ2n) is 8.36. The summed E-state index contributed by atoms with van der Waals surface area (Å²) in [6.07, 6.45) is 4.37. The average molecular weight is 430 g/mol. The summed E-state index contributed by atoms with van der Waals surface area (Å²) in [5, 5.41) is 5.23. The topological polar surface area (TPSA) is 81.7 Å². The van der Waals surface area contributed by atoms with Gasteiger partial charge in [0.05, 0.1) is 18.6 Å². The number of allylic oxidation sites excluding steroid dienone is 3. The Balaban J connectivity index is 1.76. The Morgan fingerprint density at radius 1 is 1.23 bits per heavy atom. The molecule has 0 saturated heterocycles. The minimum Gasteiger partial charge on any atom is -0.468 e. The molecular formula is C23H27NO5S. The number of hydrogen-bond acceptors (Lipinski definition) is 7. The van der Waals surface area contributed by atoms with Crippen LogP contribution in [0.15, 0.2) is 40.1 Å². The highest BCUT2D eigenvalue weighted by molar-refractivity contribution is 7.10. The number of esters is 2. The second kappa shape index (κ2) is 8.38. The molecule has 3 atom stereocenters. The number of ketones is 1. The van der Waals surface area contributed by atoms with Gasteiger partial charge in [0.1, 0.15) is 12.0 Å².